The Morgan fingerprint density at radius 3 is 2.63 bits per heavy atom. The first-order valence-corrected chi connectivity index (χ1v) is 5.65. The van der Waals surface area contributed by atoms with E-state index in [1.807, 2.05) is 25.1 Å². The fraction of sp³-hybridized carbons (Fsp3) is 0.0714. The Labute approximate surface area is 116 Å². The van der Waals surface area contributed by atoms with Crippen LogP contribution in [-0.2, 0) is 0 Å². The van der Waals surface area contributed by atoms with Crippen LogP contribution in [0.15, 0.2) is 41.4 Å². The molecule has 3 N–H and O–H groups in total. The van der Waals surface area contributed by atoms with Crippen molar-refractivity contribution in [1.29, 1.82) is 0 Å². The van der Waals surface area contributed by atoms with E-state index >= 15 is 0 Å². The highest BCUT2D eigenvalue weighted by Crippen LogP contribution is 2.33. The van der Waals surface area contributed by atoms with Crippen LogP contribution in [0.2, 0.25) is 0 Å². The average molecular weight is 278 g/mol. The van der Waals surface area contributed by atoms with Crippen molar-refractivity contribution in [3.05, 3.63) is 53.3 Å². The summed E-state index contributed by atoms with van der Waals surface area (Å²) in [6.07, 6.45) is 0. The molecule has 1 heterocycles. The fourth-order valence-corrected chi connectivity index (χ4v) is 2.02. The van der Waals surface area contributed by atoms with E-state index in [2.05, 4.69) is 10.3 Å². The molecular weight excluding hydrogens is 265 g/mol. The summed E-state index contributed by atoms with van der Waals surface area (Å²) in [6.45, 7) is 1.99. The molecule has 0 fully saturated rings. The van der Waals surface area contributed by atoms with Crippen LogP contribution in [0.5, 0.6) is 0 Å². The van der Waals surface area contributed by atoms with Crippen LogP contribution in [0.1, 0.15) is 11.1 Å². The van der Waals surface area contributed by atoms with Gasteiger partial charge >= 0.3 is 0 Å². The number of nitrogens with zero attached hydrogens (tertiary/aromatic N) is 1. The lowest BCUT2D eigenvalue weighted by Gasteiger charge is -2.09. The Morgan fingerprint density at radius 1 is 1.11 bits per heavy atom. The monoisotopic (exact) mass is 277 g/mol. The number of hydrogen-bond acceptors (Lipinski definition) is 3. The summed E-state index contributed by atoms with van der Waals surface area (Å²) in [7, 11) is 0. The number of hydrogen-bond donors (Lipinski definition) is 2. The molecule has 0 bridgehead atoms. The van der Waals surface area contributed by atoms with Gasteiger partial charge in [0, 0.05) is 17.3 Å². The van der Waals surface area contributed by atoms with Gasteiger partial charge < -0.3 is 11.1 Å². The van der Waals surface area contributed by atoms with E-state index in [0.717, 1.165) is 22.5 Å². The Balaban J connectivity index is 0.00000133. The van der Waals surface area contributed by atoms with E-state index in [9.17, 15) is 4.39 Å². The minimum Gasteiger partial charge on any atom is -0.383 e. The van der Waals surface area contributed by atoms with Crippen LogP contribution in [-0.4, -0.2) is 5.84 Å². The maximum Gasteiger partial charge on any atom is 0.133 e. The van der Waals surface area contributed by atoms with E-state index < -0.39 is 0 Å². The van der Waals surface area contributed by atoms with E-state index in [1.54, 1.807) is 6.07 Å². The number of fused-ring (bicyclic) bond motifs is 2. The van der Waals surface area contributed by atoms with Crippen molar-refractivity contribution in [3.8, 4) is 0 Å². The van der Waals surface area contributed by atoms with Gasteiger partial charge in [-0.05, 0) is 31.2 Å². The van der Waals surface area contributed by atoms with Gasteiger partial charge in [-0.25, -0.2) is 9.38 Å². The van der Waals surface area contributed by atoms with Gasteiger partial charge in [-0.3, -0.25) is 0 Å². The first kappa shape index (κ1) is 13.4. The van der Waals surface area contributed by atoms with Crippen molar-refractivity contribution in [2.75, 3.05) is 5.32 Å². The van der Waals surface area contributed by atoms with Gasteiger partial charge in [0.25, 0.3) is 0 Å². The van der Waals surface area contributed by atoms with Gasteiger partial charge in [-0.15, -0.1) is 12.4 Å². The van der Waals surface area contributed by atoms with Crippen molar-refractivity contribution in [2.24, 2.45) is 10.7 Å². The summed E-state index contributed by atoms with van der Waals surface area (Å²) < 4.78 is 13.2. The molecule has 0 radical (unpaired) electrons. The minimum atomic E-state index is -0.325. The van der Waals surface area contributed by atoms with Crippen LogP contribution in [0.3, 0.4) is 0 Å². The molecule has 0 unspecified atom stereocenters. The Hall–Kier alpha value is -2.07. The Morgan fingerprint density at radius 2 is 1.84 bits per heavy atom. The molecule has 0 saturated heterocycles. The minimum absolute atomic E-state index is 0. The molecule has 1 aliphatic rings. The maximum atomic E-state index is 13.2. The predicted octanol–water partition coefficient (Wildman–Crippen LogP) is 3.65. The molecule has 98 valence electrons. The van der Waals surface area contributed by atoms with Gasteiger partial charge in [0.15, 0.2) is 0 Å². The highest BCUT2D eigenvalue weighted by atomic mass is 35.5. The maximum absolute atomic E-state index is 13.2. The smallest absolute Gasteiger partial charge is 0.133 e. The molecule has 0 amide bonds. The second kappa shape index (κ2) is 4.90. The van der Waals surface area contributed by atoms with Crippen molar-refractivity contribution in [2.45, 2.75) is 6.92 Å². The Bertz CT molecular complexity index is 668. The third-order valence-electron chi connectivity index (χ3n) is 2.92. The Kier molecular flexibility index (Phi) is 3.44. The molecule has 3 rings (SSSR count). The molecule has 0 aliphatic carbocycles. The van der Waals surface area contributed by atoms with Gasteiger partial charge in [0.2, 0.25) is 0 Å². The molecule has 5 heteroatoms. The van der Waals surface area contributed by atoms with Crippen molar-refractivity contribution in [1.82, 2.24) is 0 Å². The van der Waals surface area contributed by atoms with Crippen molar-refractivity contribution < 1.29 is 4.39 Å². The van der Waals surface area contributed by atoms with E-state index in [4.69, 9.17) is 5.73 Å². The number of halogens is 2. The number of benzene rings is 2. The van der Waals surface area contributed by atoms with Crippen molar-refractivity contribution >= 4 is 35.3 Å². The molecule has 0 spiro atoms. The summed E-state index contributed by atoms with van der Waals surface area (Å²) in [6, 6.07) is 10.3. The lowest BCUT2D eigenvalue weighted by atomic mass is 10.1. The lowest BCUT2D eigenvalue weighted by Crippen LogP contribution is -2.13. The zero-order valence-electron chi connectivity index (χ0n) is 10.3. The number of anilines is 2. The SMILES string of the molecule is Cc1ccc2c(c1)C(N)=Nc1cc(F)ccc1N2.Cl. The van der Waals surface area contributed by atoms with Gasteiger partial charge in [-0.2, -0.15) is 0 Å². The van der Waals surface area contributed by atoms with Crippen molar-refractivity contribution in [3.63, 3.8) is 0 Å². The lowest BCUT2D eigenvalue weighted by molar-refractivity contribution is 0.628. The van der Waals surface area contributed by atoms with E-state index in [0.29, 0.717) is 11.5 Å². The van der Waals surface area contributed by atoms with Gasteiger partial charge in [0.05, 0.1) is 11.4 Å². The number of aliphatic imine (C=N–C) groups is 1. The van der Waals surface area contributed by atoms with Crippen LogP contribution >= 0.6 is 12.4 Å². The van der Waals surface area contributed by atoms with E-state index in [-0.39, 0.29) is 18.2 Å². The number of nitrogens with one attached hydrogen (secondary N) is 1. The molecular formula is C14H13ClFN3. The molecule has 2 aromatic carbocycles. The summed E-state index contributed by atoms with van der Waals surface area (Å²) in [4.78, 5) is 4.27. The number of rotatable bonds is 0. The van der Waals surface area contributed by atoms with Crippen LogP contribution in [0.4, 0.5) is 21.5 Å². The molecule has 3 nitrogen and oxygen atoms in total. The number of amidine groups is 1. The number of aryl methyl sites for hydroxylation is 1. The summed E-state index contributed by atoms with van der Waals surface area (Å²) >= 11 is 0. The third kappa shape index (κ3) is 2.39. The first-order chi connectivity index (χ1) is 8.63. The second-order valence-electron chi connectivity index (χ2n) is 4.33. The van der Waals surface area contributed by atoms with Gasteiger partial charge in [0.1, 0.15) is 11.7 Å². The predicted molar refractivity (Wildman–Crippen MR) is 78.5 cm³/mol. The molecule has 0 saturated carbocycles. The topological polar surface area (TPSA) is 50.4 Å². The molecule has 1 aliphatic heterocycles. The summed E-state index contributed by atoms with van der Waals surface area (Å²) in [5, 5.41) is 3.23. The third-order valence-corrected chi connectivity index (χ3v) is 2.92. The molecule has 0 aromatic heterocycles. The normalized spacial score (nSPS) is 12.2. The second-order valence-corrected chi connectivity index (χ2v) is 4.33. The molecule has 2 aromatic rings. The standard InChI is InChI=1S/C14H12FN3.ClH/c1-8-2-4-11-10(6-8)14(16)18-13-7-9(15)3-5-12(13)17-11;/h2-7,17H,1H3,(H2,16,18);1H. The summed E-state index contributed by atoms with van der Waals surface area (Å²) in [5.74, 6) is 0.0692. The summed E-state index contributed by atoms with van der Waals surface area (Å²) in [5.41, 5.74) is 10.1. The first-order valence-electron chi connectivity index (χ1n) is 5.65. The van der Waals surface area contributed by atoms with E-state index in [1.165, 1.54) is 12.1 Å². The quantitative estimate of drug-likeness (QED) is 0.772. The highest BCUT2D eigenvalue weighted by Gasteiger charge is 2.14. The zero-order valence-corrected chi connectivity index (χ0v) is 11.1. The largest absolute Gasteiger partial charge is 0.383 e. The number of nitrogens with two attached hydrogens (primary N) is 1. The fourth-order valence-electron chi connectivity index (χ4n) is 2.02. The van der Waals surface area contributed by atoms with Crippen LogP contribution < -0.4 is 11.1 Å². The highest BCUT2D eigenvalue weighted by molar-refractivity contribution is 6.06. The zero-order chi connectivity index (χ0) is 12.7. The molecule has 19 heavy (non-hydrogen) atoms. The van der Waals surface area contributed by atoms with Crippen LogP contribution in [0, 0.1) is 12.7 Å². The van der Waals surface area contributed by atoms with Crippen LogP contribution in [0.25, 0.3) is 0 Å². The molecule has 0 atom stereocenters. The van der Waals surface area contributed by atoms with Gasteiger partial charge in [-0.1, -0.05) is 11.6 Å². The average Bonchev–Trinajstić information content (AvgIpc) is 2.46.